The SMILES string of the molecule is Cc1nc(CC(C)C(=O)O)oc1C. The number of rotatable bonds is 3. The quantitative estimate of drug-likeness (QED) is 0.772. The molecule has 0 fully saturated rings. The van der Waals surface area contributed by atoms with Crippen LogP contribution >= 0.6 is 0 Å². The van der Waals surface area contributed by atoms with Crippen molar-refractivity contribution in [3.8, 4) is 0 Å². The van der Waals surface area contributed by atoms with Gasteiger partial charge >= 0.3 is 5.97 Å². The Balaban J connectivity index is 2.69. The Kier molecular flexibility index (Phi) is 2.70. The standard InChI is InChI=1S/C9H13NO3/c1-5(9(11)12)4-8-10-6(2)7(3)13-8/h5H,4H2,1-3H3,(H,11,12). The lowest BCUT2D eigenvalue weighted by molar-refractivity contribution is -0.141. The average Bonchev–Trinajstić information content (AvgIpc) is 2.31. The van der Waals surface area contributed by atoms with Crippen molar-refractivity contribution < 1.29 is 14.3 Å². The summed E-state index contributed by atoms with van der Waals surface area (Å²) in [5, 5.41) is 8.65. The maximum Gasteiger partial charge on any atom is 0.306 e. The van der Waals surface area contributed by atoms with E-state index < -0.39 is 11.9 Å². The maximum atomic E-state index is 10.5. The average molecular weight is 183 g/mol. The van der Waals surface area contributed by atoms with Crippen LogP contribution in [0.3, 0.4) is 0 Å². The molecule has 72 valence electrons. The molecule has 0 aliphatic heterocycles. The molecule has 0 radical (unpaired) electrons. The summed E-state index contributed by atoms with van der Waals surface area (Å²) in [6, 6.07) is 0. The van der Waals surface area contributed by atoms with Crippen molar-refractivity contribution in [3.05, 3.63) is 17.3 Å². The highest BCUT2D eigenvalue weighted by Gasteiger charge is 2.15. The van der Waals surface area contributed by atoms with Crippen molar-refractivity contribution in [1.29, 1.82) is 0 Å². The molecule has 0 spiro atoms. The van der Waals surface area contributed by atoms with Crippen LogP contribution in [0.5, 0.6) is 0 Å². The van der Waals surface area contributed by atoms with Gasteiger partial charge in [-0.05, 0) is 13.8 Å². The van der Waals surface area contributed by atoms with Gasteiger partial charge in [0.05, 0.1) is 11.6 Å². The van der Waals surface area contributed by atoms with E-state index in [0.29, 0.717) is 12.3 Å². The molecule has 4 heteroatoms. The molecule has 1 unspecified atom stereocenters. The highest BCUT2D eigenvalue weighted by atomic mass is 16.4. The normalized spacial score (nSPS) is 12.8. The second-order valence-electron chi connectivity index (χ2n) is 3.19. The molecular formula is C9H13NO3. The number of carboxylic acids is 1. The highest BCUT2D eigenvalue weighted by molar-refractivity contribution is 5.69. The van der Waals surface area contributed by atoms with E-state index in [0.717, 1.165) is 11.5 Å². The minimum absolute atomic E-state index is 0.351. The molecular weight excluding hydrogens is 170 g/mol. The van der Waals surface area contributed by atoms with Crippen LogP contribution in [-0.2, 0) is 11.2 Å². The zero-order valence-electron chi connectivity index (χ0n) is 8.00. The molecule has 0 saturated carbocycles. The topological polar surface area (TPSA) is 63.3 Å². The third-order valence-corrected chi connectivity index (χ3v) is 1.98. The number of nitrogens with zero attached hydrogens (tertiary/aromatic N) is 1. The van der Waals surface area contributed by atoms with Crippen LogP contribution in [-0.4, -0.2) is 16.1 Å². The van der Waals surface area contributed by atoms with Gasteiger partial charge in [0.2, 0.25) is 0 Å². The van der Waals surface area contributed by atoms with Gasteiger partial charge in [0, 0.05) is 6.42 Å². The summed E-state index contributed by atoms with van der Waals surface area (Å²) in [6.45, 7) is 5.29. The molecule has 1 N–H and O–H groups in total. The predicted molar refractivity (Wildman–Crippen MR) is 46.5 cm³/mol. The summed E-state index contributed by atoms with van der Waals surface area (Å²) in [5.74, 6) is -0.0107. The lowest BCUT2D eigenvalue weighted by Crippen LogP contribution is -2.12. The molecule has 0 bridgehead atoms. The summed E-state index contributed by atoms with van der Waals surface area (Å²) in [5.41, 5.74) is 0.826. The van der Waals surface area contributed by atoms with E-state index in [1.54, 1.807) is 6.92 Å². The van der Waals surface area contributed by atoms with Gasteiger partial charge in [-0.25, -0.2) is 4.98 Å². The largest absolute Gasteiger partial charge is 0.481 e. The lowest BCUT2D eigenvalue weighted by atomic mass is 10.1. The Morgan fingerprint density at radius 2 is 2.23 bits per heavy atom. The van der Waals surface area contributed by atoms with Crippen LogP contribution in [0.15, 0.2) is 4.42 Å². The van der Waals surface area contributed by atoms with Crippen LogP contribution in [0.1, 0.15) is 24.3 Å². The molecule has 0 amide bonds. The fourth-order valence-electron chi connectivity index (χ4n) is 0.976. The van der Waals surface area contributed by atoms with E-state index in [9.17, 15) is 4.79 Å². The van der Waals surface area contributed by atoms with Gasteiger partial charge in [0.1, 0.15) is 5.76 Å². The monoisotopic (exact) mass is 183 g/mol. The molecule has 0 saturated heterocycles. The molecule has 13 heavy (non-hydrogen) atoms. The first-order valence-electron chi connectivity index (χ1n) is 4.16. The zero-order valence-corrected chi connectivity index (χ0v) is 8.00. The number of carboxylic acid groups (broad SMARTS) is 1. The highest BCUT2D eigenvalue weighted by Crippen LogP contribution is 2.12. The zero-order chi connectivity index (χ0) is 10.0. The molecule has 4 nitrogen and oxygen atoms in total. The van der Waals surface area contributed by atoms with Gasteiger partial charge in [-0.15, -0.1) is 0 Å². The number of oxazole rings is 1. The van der Waals surface area contributed by atoms with Gasteiger partial charge in [-0.1, -0.05) is 6.92 Å². The number of aryl methyl sites for hydroxylation is 2. The number of aromatic nitrogens is 1. The van der Waals surface area contributed by atoms with Gasteiger partial charge < -0.3 is 9.52 Å². The van der Waals surface area contributed by atoms with E-state index in [1.165, 1.54) is 0 Å². The first kappa shape index (κ1) is 9.77. The first-order chi connectivity index (χ1) is 6.00. The van der Waals surface area contributed by atoms with Gasteiger partial charge in [0.15, 0.2) is 5.89 Å². The van der Waals surface area contributed by atoms with Crippen molar-refractivity contribution in [2.45, 2.75) is 27.2 Å². The number of carbonyl (C=O) groups is 1. The fourth-order valence-corrected chi connectivity index (χ4v) is 0.976. The minimum atomic E-state index is -0.825. The predicted octanol–water partition coefficient (Wildman–Crippen LogP) is 1.55. The molecule has 1 aromatic rings. The summed E-state index contributed by atoms with van der Waals surface area (Å²) in [6.07, 6.45) is 0.351. The van der Waals surface area contributed by atoms with Crippen LogP contribution in [0.2, 0.25) is 0 Å². The van der Waals surface area contributed by atoms with Crippen molar-refractivity contribution in [1.82, 2.24) is 4.98 Å². The Labute approximate surface area is 76.6 Å². The Bertz CT molecular complexity index is 297. The Hall–Kier alpha value is -1.32. The van der Waals surface area contributed by atoms with Crippen molar-refractivity contribution in [2.24, 2.45) is 5.92 Å². The van der Waals surface area contributed by atoms with Gasteiger partial charge in [0.25, 0.3) is 0 Å². The van der Waals surface area contributed by atoms with E-state index in [1.807, 2.05) is 13.8 Å². The first-order valence-corrected chi connectivity index (χ1v) is 4.16. The maximum absolute atomic E-state index is 10.5. The Morgan fingerprint density at radius 1 is 1.62 bits per heavy atom. The molecule has 0 aliphatic carbocycles. The van der Waals surface area contributed by atoms with E-state index >= 15 is 0 Å². The van der Waals surface area contributed by atoms with Crippen LogP contribution < -0.4 is 0 Å². The molecule has 0 aromatic carbocycles. The van der Waals surface area contributed by atoms with Gasteiger partial charge in [-0.3, -0.25) is 4.79 Å². The molecule has 1 rings (SSSR count). The van der Waals surface area contributed by atoms with E-state index in [4.69, 9.17) is 9.52 Å². The summed E-state index contributed by atoms with van der Waals surface area (Å²) in [7, 11) is 0. The minimum Gasteiger partial charge on any atom is -0.481 e. The van der Waals surface area contributed by atoms with Crippen molar-refractivity contribution in [2.75, 3.05) is 0 Å². The van der Waals surface area contributed by atoms with Crippen LogP contribution in [0, 0.1) is 19.8 Å². The van der Waals surface area contributed by atoms with E-state index in [-0.39, 0.29) is 0 Å². The van der Waals surface area contributed by atoms with Gasteiger partial charge in [-0.2, -0.15) is 0 Å². The van der Waals surface area contributed by atoms with Crippen LogP contribution in [0.25, 0.3) is 0 Å². The fraction of sp³-hybridized carbons (Fsp3) is 0.556. The number of aliphatic carboxylic acids is 1. The summed E-state index contributed by atoms with van der Waals surface area (Å²) in [4.78, 5) is 14.6. The lowest BCUT2D eigenvalue weighted by Gasteiger charge is -2.00. The smallest absolute Gasteiger partial charge is 0.306 e. The molecule has 1 aromatic heterocycles. The second kappa shape index (κ2) is 3.60. The third-order valence-electron chi connectivity index (χ3n) is 1.98. The summed E-state index contributed by atoms with van der Waals surface area (Å²) < 4.78 is 5.26. The number of hydrogen-bond acceptors (Lipinski definition) is 3. The van der Waals surface area contributed by atoms with Crippen molar-refractivity contribution in [3.63, 3.8) is 0 Å². The summed E-state index contributed by atoms with van der Waals surface area (Å²) >= 11 is 0. The van der Waals surface area contributed by atoms with Crippen molar-refractivity contribution >= 4 is 5.97 Å². The molecule has 0 aliphatic rings. The molecule has 1 atom stereocenters. The second-order valence-corrected chi connectivity index (χ2v) is 3.19. The Morgan fingerprint density at radius 3 is 2.62 bits per heavy atom. The van der Waals surface area contributed by atoms with Crippen LogP contribution in [0.4, 0.5) is 0 Å². The molecule has 1 heterocycles. The van der Waals surface area contributed by atoms with E-state index in [2.05, 4.69) is 4.98 Å². The number of hydrogen-bond donors (Lipinski definition) is 1. The third kappa shape index (κ3) is 2.31.